The van der Waals surface area contributed by atoms with Crippen molar-refractivity contribution >= 4 is 17.1 Å². The molecule has 9 nitrogen and oxygen atoms in total. The molecule has 0 bridgehead atoms. The summed E-state index contributed by atoms with van der Waals surface area (Å²) in [4.78, 5) is 33.9. The summed E-state index contributed by atoms with van der Waals surface area (Å²) >= 11 is 0. The fraction of sp³-hybridized carbons (Fsp3) is 0.100. The number of halogens is 1. The number of carbonyl (C=O) groups excluding carboxylic acids is 1. The molecular formula is C20H14FN5O4. The summed E-state index contributed by atoms with van der Waals surface area (Å²) in [5.41, 5.74) is 6.29. The summed E-state index contributed by atoms with van der Waals surface area (Å²) in [5, 5.41) is 0. The van der Waals surface area contributed by atoms with Gasteiger partial charge in [-0.2, -0.15) is 0 Å². The minimum atomic E-state index is -0.816. The van der Waals surface area contributed by atoms with E-state index in [1.165, 1.54) is 40.4 Å². The van der Waals surface area contributed by atoms with Crippen LogP contribution in [-0.2, 0) is 7.05 Å². The molecule has 0 atom stereocenters. The second-order valence-electron chi connectivity index (χ2n) is 6.65. The maximum atomic E-state index is 13.3. The van der Waals surface area contributed by atoms with Crippen molar-refractivity contribution in [1.82, 2.24) is 19.1 Å². The standard InChI is InChI=1S/C20H14FN5O4/c1-25-16-15(17(22)27)23-18(10-2-4-11(21)5-3-10)24-19(16)26(20(25)28)12-6-7-13-14(8-12)30-9-29-13/h2-8H,9H2,1H3,(H2,22,27). The number of hydrogen-bond acceptors (Lipinski definition) is 6. The van der Waals surface area contributed by atoms with Gasteiger partial charge in [-0.15, -0.1) is 0 Å². The van der Waals surface area contributed by atoms with Gasteiger partial charge in [-0.25, -0.2) is 23.7 Å². The number of hydrogen-bond donors (Lipinski definition) is 1. The van der Waals surface area contributed by atoms with Crippen LogP contribution in [0.25, 0.3) is 28.2 Å². The molecular weight excluding hydrogens is 393 g/mol. The van der Waals surface area contributed by atoms with E-state index < -0.39 is 17.4 Å². The van der Waals surface area contributed by atoms with Crippen LogP contribution < -0.4 is 20.9 Å². The number of fused-ring (bicyclic) bond motifs is 2. The minimum Gasteiger partial charge on any atom is -0.454 e. The van der Waals surface area contributed by atoms with Gasteiger partial charge in [-0.3, -0.25) is 9.36 Å². The van der Waals surface area contributed by atoms with Crippen LogP contribution in [0.4, 0.5) is 4.39 Å². The molecule has 1 aliphatic rings. The van der Waals surface area contributed by atoms with Gasteiger partial charge in [-0.1, -0.05) is 0 Å². The maximum absolute atomic E-state index is 13.3. The molecule has 5 rings (SSSR count). The first kappa shape index (κ1) is 17.9. The Morgan fingerprint density at radius 2 is 1.83 bits per heavy atom. The molecule has 1 amide bonds. The predicted molar refractivity (Wildman–Crippen MR) is 104 cm³/mol. The molecule has 150 valence electrons. The number of imidazole rings is 1. The van der Waals surface area contributed by atoms with E-state index in [4.69, 9.17) is 15.2 Å². The number of aryl methyl sites for hydroxylation is 1. The number of carbonyl (C=O) groups is 1. The number of rotatable bonds is 3. The normalized spacial score (nSPS) is 12.5. The minimum absolute atomic E-state index is 0.0892. The first-order valence-electron chi connectivity index (χ1n) is 8.89. The second-order valence-corrected chi connectivity index (χ2v) is 6.65. The molecule has 30 heavy (non-hydrogen) atoms. The lowest BCUT2D eigenvalue weighted by Gasteiger charge is -2.07. The van der Waals surface area contributed by atoms with E-state index in [1.807, 2.05) is 0 Å². The zero-order valence-electron chi connectivity index (χ0n) is 15.6. The lowest BCUT2D eigenvalue weighted by atomic mass is 10.2. The Bertz CT molecular complexity index is 1390. The zero-order chi connectivity index (χ0) is 21.0. The van der Waals surface area contributed by atoms with Crippen molar-refractivity contribution in [3.05, 3.63) is 64.5 Å². The van der Waals surface area contributed by atoms with Crippen LogP contribution >= 0.6 is 0 Å². The average Bonchev–Trinajstić information content (AvgIpc) is 3.30. The molecule has 0 saturated heterocycles. The highest BCUT2D eigenvalue weighted by atomic mass is 19.1. The zero-order valence-corrected chi connectivity index (χ0v) is 15.6. The van der Waals surface area contributed by atoms with E-state index in [1.54, 1.807) is 18.2 Å². The third kappa shape index (κ3) is 2.61. The molecule has 10 heteroatoms. The van der Waals surface area contributed by atoms with E-state index in [0.717, 1.165) is 0 Å². The van der Waals surface area contributed by atoms with E-state index >= 15 is 0 Å². The summed E-state index contributed by atoms with van der Waals surface area (Å²) in [5.74, 6) is -0.0571. The van der Waals surface area contributed by atoms with Crippen LogP contribution in [0.15, 0.2) is 47.3 Å². The fourth-order valence-electron chi connectivity index (χ4n) is 3.40. The number of nitrogens with two attached hydrogens (primary N) is 1. The van der Waals surface area contributed by atoms with E-state index in [0.29, 0.717) is 22.7 Å². The second kappa shape index (κ2) is 6.41. The van der Waals surface area contributed by atoms with Crippen molar-refractivity contribution in [1.29, 1.82) is 0 Å². The van der Waals surface area contributed by atoms with Crippen molar-refractivity contribution in [2.24, 2.45) is 12.8 Å². The van der Waals surface area contributed by atoms with Crippen LogP contribution in [-0.4, -0.2) is 31.8 Å². The smallest absolute Gasteiger partial charge is 0.334 e. The van der Waals surface area contributed by atoms with Crippen LogP contribution in [0.3, 0.4) is 0 Å². The molecule has 0 aliphatic carbocycles. The molecule has 0 spiro atoms. The Kier molecular flexibility index (Phi) is 3.82. The first-order valence-corrected chi connectivity index (χ1v) is 8.89. The molecule has 1 aliphatic heterocycles. The largest absolute Gasteiger partial charge is 0.454 e. The number of nitrogens with zero attached hydrogens (tertiary/aromatic N) is 4. The van der Waals surface area contributed by atoms with Gasteiger partial charge in [-0.05, 0) is 36.4 Å². The third-order valence-electron chi connectivity index (χ3n) is 4.84. The highest BCUT2D eigenvalue weighted by molar-refractivity contribution is 6.02. The first-order chi connectivity index (χ1) is 14.4. The molecule has 2 aromatic heterocycles. The predicted octanol–water partition coefficient (Wildman–Crippen LogP) is 1.75. The maximum Gasteiger partial charge on any atom is 0.334 e. The molecule has 2 aromatic carbocycles. The molecule has 0 unspecified atom stereocenters. The van der Waals surface area contributed by atoms with Gasteiger partial charge in [0.05, 0.1) is 5.69 Å². The highest BCUT2D eigenvalue weighted by Crippen LogP contribution is 2.34. The van der Waals surface area contributed by atoms with Crippen molar-refractivity contribution in [2.45, 2.75) is 0 Å². The van der Waals surface area contributed by atoms with Gasteiger partial charge in [0, 0.05) is 18.7 Å². The van der Waals surface area contributed by atoms with Gasteiger partial charge in [0.2, 0.25) is 6.79 Å². The average molecular weight is 407 g/mol. The third-order valence-corrected chi connectivity index (χ3v) is 4.84. The molecule has 4 aromatic rings. The summed E-state index contributed by atoms with van der Waals surface area (Å²) in [7, 11) is 1.50. The van der Waals surface area contributed by atoms with Crippen molar-refractivity contribution < 1.29 is 18.7 Å². The lowest BCUT2D eigenvalue weighted by Crippen LogP contribution is -2.21. The lowest BCUT2D eigenvalue weighted by molar-refractivity contribution is 0.0997. The summed E-state index contributed by atoms with van der Waals surface area (Å²) in [6, 6.07) is 10.5. The van der Waals surface area contributed by atoms with Crippen molar-refractivity contribution in [3.8, 4) is 28.6 Å². The molecule has 2 N–H and O–H groups in total. The quantitative estimate of drug-likeness (QED) is 0.553. The van der Waals surface area contributed by atoms with Crippen molar-refractivity contribution in [2.75, 3.05) is 6.79 Å². The van der Waals surface area contributed by atoms with E-state index in [2.05, 4.69) is 9.97 Å². The van der Waals surface area contributed by atoms with Gasteiger partial charge in [0.25, 0.3) is 5.91 Å². The Morgan fingerprint density at radius 3 is 2.57 bits per heavy atom. The Morgan fingerprint density at radius 1 is 1.10 bits per heavy atom. The molecule has 0 radical (unpaired) electrons. The number of benzene rings is 2. The number of amides is 1. The van der Waals surface area contributed by atoms with Crippen LogP contribution in [0.2, 0.25) is 0 Å². The Balaban J connectivity index is 1.83. The van der Waals surface area contributed by atoms with E-state index in [-0.39, 0.29) is 29.5 Å². The monoisotopic (exact) mass is 407 g/mol. The van der Waals surface area contributed by atoms with Crippen LogP contribution in [0, 0.1) is 5.82 Å². The van der Waals surface area contributed by atoms with Gasteiger partial charge >= 0.3 is 5.69 Å². The van der Waals surface area contributed by atoms with Gasteiger partial charge in [0.15, 0.2) is 28.7 Å². The molecule has 0 saturated carbocycles. The van der Waals surface area contributed by atoms with Gasteiger partial charge < -0.3 is 15.2 Å². The highest BCUT2D eigenvalue weighted by Gasteiger charge is 2.24. The summed E-state index contributed by atoms with van der Waals surface area (Å²) in [6.45, 7) is 0.0892. The topological polar surface area (TPSA) is 114 Å². The SMILES string of the molecule is Cn1c(=O)n(-c2ccc3c(c2)OCO3)c2nc(-c3ccc(F)cc3)nc(C(N)=O)c21. The van der Waals surface area contributed by atoms with Crippen LogP contribution in [0.5, 0.6) is 11.5 Å². The Labute approximate surface area is 168 Å². The Hall–Kier alpha value is -4.21. The molecule has 0 fully saturated rings. The van der Waals surface area contributed by atoms with Gasteiger partial charge in [0.1, 0.15) is 11.3 Å². The number of ether oxygens (including phenoxy) is 2. The summed E-state index contributed by atoms with van der Waals surface area (Å²) < 4.78 is 26.6. The van der Waals surface area contributed by atoms with E-state index in [9.17, 15) is 14.0 Å². The molecule has 3 heterocycles. The number of primary amides is 1. The van der Waals surface area contributed by atoms with Crippen LogP contribution in [0.1, 0.15) is 10.5 Å². The summed E-state index contributed by atoms with van der Waals surface area (Å²) in [6.07, 6.45) is 0. The number of aromatic nitrogens is 4. The van der Waals surface area contributed by atoms with Crippen molar-refractivity contribution in [3.63, 3.8) is 0 Å². The fourth-order valence-corrected chi connectivity index (χ4v) is 3.40.